The van der Waals surface area contributed by atoms with E-state index in [2.05, 4.69) is 49.2 Å². The Morgan fingerprint density at radius 3 is 2.00 bits per heavy atom. The summed E-state index contributed by atoms with van der Waals surface area (Å²) in [7, 11) is 0. The summed E-state index contributed by atoms with van der Waals surface area (Å²) in [6.45, 7) is 4.22. The van der Waals surface area contributed by atoms with Crippen LogP contribution in [0.3, 0.4) is 0 Å². The first kappa shape index (κ1) is 26.2. The molecule has 0 saturated carbocycles. The number of rotatable bonds is 3. The monoisotopic (exact) mass is 522 g/mol. The molecule has 0 spiro atoms. The van der Waals surface area contributed by atoms with Crippen LogP contribution in [-0.4, -0.2) is 43.4 Å². The standard InChI is InChI=1S/C26H20N2O3.C2HF3O2/c1-14-3-4-18(11-15(14)2)16-5-7-17(8-6-16)25-27-21-10-9-19-12-20(26(30)31)13-22(29)23(19)24(21)28-25;3-2(4,5)1(6)7/h3-13,29H,1-2H3,(H,27,28)(H,30,31);(H,6,7). The second-order valence-corrected chi connectivity index (χ2v) is 8.63. The number of aryl methyl sites for hydroxylation is 2. The average molecular weight is 522 g/mol. The number of aromatic nitrogens is 2. The second kappa shape index (κ2) is 9.89. The molecule has 0 aliphatic rings. The van der Waals surface area contributed by atoms with E-state index in [0.717, 1.165) is 16.6 Å². The van der Waals surface area contributed by atoms with Crippen LogP contribution >= 0.6 is 0 Å². The summed E-state index contributed by atoms with van der Waals surface area (Å²) >= 11 is 0. The number of nitrogens with zero attached hydrogens (tertiary/aromatic N) is 1. The Hall–Kier alpha value is -4.86. The molecule has 0 aliphatic heterocycles. The molecule has 1 aromatic heterocycles. The fourth-order valence-electron chi connectivity index (χ4n) is 3.91. The summed E-state index contributed by atoms with van der Waals surface area (Å²) in [4.78, 5) is 28.2. The van der Waals surface area contributed by atoms with Crippen LogP contribution in [0.15, 0.2) is 66.7 Å². The molecule has 0 unspecified atom stereocenters. The topological polar surface area (TPSA) is 124 Å². The van der Waals surface area contributed by atoms with Crippen molar-refractivity contribution in [3.8, 4) is 28.3 Å². The van der Waals surface area contributed by atoms with Gasteiger partial charge in [0.15, 0.2) is 0 Å². The molecule has 38 heavy (non-hydrogen) atoms. The molecular weight excluding hydrogens is 501 g/mol. The molecular formula is C28H21F3N2O5. The third-order valence-electron chi connectivity index (χ3n) is 6.03. The lowest BCUT2D eigenvalue weighted by Gasteiger charge is -2.06. The van der Waals surface area contributed by atoms with Crippen LogP contribution in [0.5, 0.6) is 5.75 Å². The van der Waals surface area contributed by atoms with Crippen molar-refractivity contribution in [2.24, 2.45) is 0 Å². The number of carboxylic acid groups (broad SMARTS) is 2. The molecule has 0 saturated heterocycles. The fraction of sp³-hybridized carbons (Fsp3) is 0.107. The number of aromatic amines is 1. The third-order valence-corrected chi connectivity index (χ3v) is 6.03. The predicted octanol–water partition coefficient (Wildman–Crippen LogP) is 6.70. The smallest absolute Gasteiger partial charge is 0.490 e. The average Bonchev–Trinajstić information content (AvgIpc) is 3.30. The van der Waals surface area contributed by atoms with Gasteiger partial charge in [0.25, 0.3) is 0 Å². The van der Waals surface area contributed by atoms with Crippen molar-refractivity contribution in [2.75, 3.05) is 0 Å². The van der Waals surface area contributed by atoms with Gasteiger partial charge < -0.3 is 20.3 Å². The Bertz CT molecular complexity index is 1690. The number of nitrogens with one attached hydrogen (secondary N) is 1. The number of carboxylic acids is 2. The molecule has 5 aromatic rings. The molecule has 0 aliphatic carbocycles. The van der Waals surface area contributed by atoms with E-state index in [-0.39, 0.29) is 11.3 Å². The maximum Gasteiger partial charge on any atom is 0.490 e. The van der Waals surface area contributed by atoms with Crippen molar-refractivity contribution in [1.82, 2.24) is 9.97 Å². The van der Waals surface area contributed by atoms with Crippen LogP contribution in [0.2, 0.25) is 0 Å². The molecule has 0 atom stereocenters. The van der Waals surface area contributed by atoms with Crippen LogP contribution in [0.1, 0.15) is 21.5 Å². The number of phenols is 1. The first-order valence-corrected chi connectivity index (χ1v) is 11.2. The van der Waals surface area contributed by atoms with Crippen LogP contribution in [-0.2, 0) is 4.79 Å². The third kappa shape index (κ3) is 5.29. The Balaban J connectivity index is 0.000000426. The van der Waals surface area contributed by atoms with Crippen molar-refractivity contribution in [1.29, 1.82) is 0 Å². The molecule has 0 radical (unpaired) electrons. The van der Waals surface area contributed by atoms with E-state index in [4.69, 9.17) is 14.9 Å². The second-order valence-electron chi connectivity index (χ2n) is 8.63. The molecule has 7 nitrogen and oxygen atoms in total. The summed E-state index contributed by atoms with van der Waals surface area (Å²) < 4.78 is 31.7. The number of imidazole rings is 1. The van der Waals surface area contributed by atoms with Crippen molar-refractivity contribution in [3.63, 3.8) is 0 Å². The van der Waals surface area contributed by atoms with Crippen LogP contribution < -0.4 is 0 Å². The number of halogens is 3. The molecule has 0 amide bonds. The molecule has 10 heteroatoms. The Morgan fingerprint density at radius 1 is 0.816 bits per heavy atom. The maximum atomic E-state index is 11.3. The molecule has 0 bridgehead atoms. The van der Waals surface area contributed by atoms with Gasteiger partial charge in [-0.05, 0) is 59.7 Å². The highest BCUT2D eigenvalue weighted by molar-refractivity contribution is 6.10. The molecule has 4 aromatic carbocycles. The molecule has 1 heterocycles. The van der Waals surface area contributed by atoms with Gasteiger partial charge in [0.2, 0.25) is 0 Å². The predicted molar refractivity (Wildman–Crippen MR) is 136 cm³/mol. The summed E-state index contributed by atoms with van der Waals surface area (Å²) in [6.07, 6.45) is -5.08. The summed E-state index contributed by atoms with van der Waals surface area (Å²) in [6, 6.07) is 21.1. The minimum Gasteiger partial charge on any atom is -0.507 e. The van der Waals surface area contributed by atoms with Crippen LogP contribution in [0.25, 0.3) is 44.3 Å². The normalized spacial score (nSPS) is 11.3. The number of aromatic hydroxyl groups is 1. The zero-order chi connectivity index (χ0) is 27.8. The quantitative estimate of drug-likeness (QED) is 0.209. The van der Waals surface area contributed by atoms with Crippen LogP contribution in [0, 0.1) is 13.8 Å². The van der Waals surface area contributed by atoms with Crippen LogP contribution in [0.4, 0.5) is 13.2 Å². The van der Waals surface area contributed by atoms with Crippen molar-refractivity contribution >= 4 is 33.7 Å². The van der Waals surface area contributed by atoms with Crippen molar-refractivity contribution in [2.45, 2.75) is 20.0 Å². The number of hydrogen-bond donors (Lipinski definition) is 4. The number of phenolic OH excluding ortho intramolecular Hbond substituents is 1. The molecule has 0 fully saturated rings. The summed E-state index contributed by atoms with van der Waals surface area (Å²) in [5, 5.41) is 28.0. The number of carbonyl (C=O) groups is 2. The largest absolute Gasteiger partial charge is 0.507 e. The van der Waals surface area contributed by atoms with E-state index in [1.54, 1.807) is 12.1 Å². The van der Waals surface area contributed by atoms with Gasteiger partial charge in [0.05, 0.1) is 16.5 Å². The SMILES string of the molecule is Cc1ccc(-c2ccc(-c3nc4c(ccc5cc(C(=O)O)cc(O)c54)[nH]3)cc2)cc1C.O=C(O)C(F)(F)F. The summed E-state index contributed by atoms with van der Waals surface area (Å²) in [5.74, 6) is -3.24. The highest BCUT2D eigenvalue weighted by Gasteiger charge is 2.38. The number of alkyl halides is 3. The van der Waals surface area contributed by atoms with E-state index in [1.807, 2.05) is 18.2 Å². The Kier molecular flexibility index (Phi) is 6.82. The number of aliphatic carboxylic acids is 1. The van der Waals surface area contributed by atoms with Crippen molar-refractivity contribution < 1.29 is 38.1 Å². The highest BCUT2D eigenvalue weighted by Crippen LogP contribution is 2.34. The van der Waals surface area contributed by atoms with Gasteiger partial charge in [0, 0.05) is 5.56 Å². The lowest BCUT2D eigenvalue weighted by Crippen LogP contribution is -2.21. The fourth-order valence-corrected chi connectivity index (χ4v) is 3.91. The lowest BCUT2D eigenvalue weighted by molar-refractivity contribution is -0.192. The first-order chi connectivity index (χ1) is 17.8. The zero-order valence-corrected chi connectivity index (χ0v) is 20.1. The maximum absolute atomic E-state index is 11.3. The highest BCUT2D eigenvalue weighted by atomic mass is 19.4. The number of H-pyrrole nitrogens is 1. The number of aromatic carboxylic acids is 1. The van der Waals surface area contributed by atoms with Crippen molar-refractivity contribution in [3.05, 3.63) is 83.4 Å². The zero-order valence-electron chi connectivity index (χ0n) is 20.1. The Morgan fingerprint density at radius 2 is 1.42 bits per heavy atom. The van der Waals surface area contributed by atoms with E-state index < -0.39 is 18.1 Å². The van der Waals surface area contributed by atoms with Gasteiger partial charge in [-0.1, -0.05) is 48.5 Å². The number of fused-ring (bicyclic) bond motifs is 3. The summed E-state index contributed by atoms with van der Waals surface area (Å²) in [5.41, 5.74) is 7.20. The van der Waals surface area contributed by atoms with E-state index in [9.17, 15) is 28.2 Å². The van der Waals surface area contributed by atoms with Gasteiger partial charge >= 0.3 is 18.1 Å². The molecule has 5 rings (SSSR count). The van der Waals surface area contributed by atoms with E-state index in [1.165, 1.54) is 22.8 Å². The first-order valence-electron chi connectivity index (χ1n) is 11.2. The minimum atomic E-state index is -5.08. The lowest BCUT2D eigenvalue weighted by atomic mass is 9.99. The Labute approximate surface area is 213 Å². The van der Waals surface area contributed by atoms with E-state index in [0.29, 0.717) is 22.1 Å². The van der Waals surface area contributed by atoms with E-state index >= 15 is 0 Å². The van der Waals surface area contributed by atoms with Gasteiger partial charge in [-0.3, -0.25) is 0 Å². The number of hydrogen-bond acceptors (Lipinski definition) is 4. The molecule has 4 N–H and O–H groups in total. The van der Waals surface area contributed by atoms with Gasteiger partial charge in [-0.2, -0.15) is 13.2 Å². The van der Waals surface area contributed by atoms with Gasteiger partial charge in [0.1, 0.15) is 17.1 Å². The number of benzene rings is 4. The van der Waals surface area contributed by atoms with Gasteiger partial charge in [-0.15, -0.1) is 0 Å². The van der Waals surface area contributed by atoms with Gasteiger partial charge in [-0.25, -0.2) is 14.6 Å². The minimum absolute atomic E-state index is 0.0436. The molecule has 194 valence electrons.